The Kier molecular flexibility index (Phi) is 4.99. The van der Waals surface area contributed by atoms with E-state index >= 15 is 0 Å². The molecule has 0 aliphatic rings. The van der Waals surface area contributed by atoms with Gasteiger partial charge in [0.05, 0.1) is 17.5 Å². The molecule has 0 atom stereocenters. The van der Waals surface area contributed by atoms with Crippen LogP contribution in [-0.4, -0.2) is 15.3 Å². The van der Waals surface area contributed by atoms with Gasteiger partial charge in [-0.15, -0.1) is 0 Å². The number of carbonyl (C=O) groups excluding carboxylic acids is 1. The van der Waals surface area contributed by atoms with E-state index in [0.29, 0.717) is 32.9 Å². The monoisotopic (exact) mass is 406 g/mol. The number of aryl methyl sites for hydroxylation is 1. The van der Waals surface area contributed by atoms with E-state index in [9.17, 15) is 14.0 Å². The van der Waals surface area contributed by atoms with E-state index < -0.39 is 11.2 Å². The summed E-state index contributed by atoms with van der Waals surface area (Å²) in [5, 5.41) is 0.709. The van der Waals surface area contributed by atoms with Gasteiger partial charge < -0.3 is 4.57 Å². The van der Waals surface area contributed by atoms with E-state index in [0.717, 1.165) is 0 Å². The largest absolute Gasteiger partial charge is 0.327 e. The van der Waals surface area contributed by atoms with Crippen LogP contribution in [-0.2, 0) is 6.54 Å². The van der Waals surface area contributed by atoms with Crippen LogP contribution in [0.1, 0.15) is 27.2 Å². The highest BCUT2D eigenvalue weighted by molar-refractivity contribution is 6.31. The standard InChI is InChI=1S/C23H16ClFN2O2/c1-14-9-10-18-22(29)19(21(28)15-6-4-7-17(24)11-15)13-27(23(18)26-14)12-16-5-2-3-8-20(16)25/h2-11,13H,12H2,1H3. The Morgan fingerprint density at radius 3 is 2.66 bits per heavy atom. The zero-order valence-electron chi connectivity index (χ0n) is 15.5. The minimum absolute atomic E-state index is 0.0123. The normalized spacial score (nSPS) is 11.0. The van der Waals surface area contributed by atoms with Crippen molar-refractivity contribution in [3.05, 3.63) is 110 Å². The summed E-state index contributed by atoms with van der Waals surface area (Å²) in [6.45, 7) is 1.94. The third kappa shape index (κ3) is 3.69. The number of halogens is 2. The lowest BCUT2D eigenvalue weighted by atomic mass is 10.0. The number of aromatic nitrogens is 2. The Morgan fingerprint density at radius 2 is 1.90 bits per heavy atom. The molecule has 4 rings (SSSR count). The van der Waals surface area contributed by atoms with Crippen LogP contribution in [0.3, 0.4) is 0 Å². The van der Waals surface area contributed by atoms with Crippen LogP contribution in [0.5, 0.6) is 0 Å². The summed E-state index contributed by atoms with van der Waals surface area (Å²) in [6, 6.07) is 16.2. The maximum absolute atomic E-state index is 14.2. The molecule has 29 heavy (non-hydrogen) atoms. The molecule has 2 heterocycles. The molecule has 0 bridgehead atoms. The molecule has 144 valence electrons. The van der Waals surface area contributed by atoms with Crippen molar-refractivity contribution in [2.24, 2.45) is 0 Å². The molecule has 0 saturated carbocycles. The minimum Gasteiger partial charge on any atom is -0.327 e. The Morgan fingerprint density at radius 1 is 1.10 bits per heavy atom. The van der Waals surface area contributed by atoms with Gasteiger partial charge in [-0.3, -0.25) is 9.59 Å². The Balaban J connectivity index is 1.93. The Labute approximate surface area is 171 Å². The van der Waals surface area contributed by atoms with E-state index in [-0.39, 0.29) is 17.9 Å². The first-order valence-corrected chi connectivity index (χ1v) is 9.36. The van der Waals surface area contributed by atoms with Crippen molar-refractivity contribution in [1.82, 2.24) is 9.55 Å². The second kappa shape index (κ2) is 7.60. The van der Waals surface area contributed by atoms with Crippen molar-refractivity contribution in [3.63, 3.8) is 0 Å². The molecule has 0 amide bonds. The molecule has 0 radical (unpaired) electrons. The quantitative estimate of drug-likeness (QED) is 0.458. The number of hydrogen-bond donors (Lipinski definition) is 0. The van der Waals surface area contributed by atoms with Crippen LogP contribution >= 0.6 is 11.6 Å². The molecule has 0 N–H and O–H groups in total. The molecule has 0 spiro atoms. The van der Waals surface area contributed by atoms with E-state index in [4.69, 9.17) is 11.6 Å². The molecular weight excluding hydrogens is 391 g/mol. The van der Waals surface area contributed by atoms with Gasteiger partial charge in [-0.1, -0.05) is 41.9 Å². The van der Waals surface area contributed by atoms with Crippen molar-refractivity contribution in [3.8, 4) is 0 Å². The molecule has 2 aromatic carbocycles. The van der Waals surface area contributed by atoms with Crippen LogP contribution in [0, 0.1) is 12.7 Å². The van der Waals surface area contributed by atoms with Crippen molar-refractivity contribution in [2.75, 3.05) is 0 Å². The molecule has 6 heteroatoms. The van der Waals surface area contributed by atoms with Crippen LogP contribution < -0.4 is 5.43 Å². The van der Waals surface area contributed by atoms with Gasteiger partial charge in [-0.2, -0.15) is 0 Å². The van der Waals surface area contributed by atoms with Gasteiger partial charge in [0.25, 0.3) is 0 Å². The number of pyridine rings is 2. The second-order valence-corrected chi connectivity index (χ2v) is 7.19. The smallest absolute Gasteiger partial charge is 0.202 e. The summed E-state index contributed by atoms with van der Waals surface area (Å²) >= 11 is 6.00. The number of rotatable bonds is 4. The molecule has 2 aromatic heterocycles. The van der Waals surface area contributed by atoms with E-state index in [1.165, 1.54) is 18.3 Å². The summed E-state index contributed by atoms with van der Waals surface area (Å²) in [5.74, 6) is -0.808. The van der Waals surface area contributed by atoms with Crippen molar-refractivity contribution >= 4 is 28.4 Å². The lowest BCUT2D eigenvalue weighted by Gasteiger charge is -2.14. The predicted octanol–water partition coefficient (Wildman–Crippen LogP) is 4.78. The van der Waals surface area contributed by atoms with Crippen molar-refractivity contribution in [1.29, 1.82) is 0 Å². The third-order valence-electron chi connectivity index (χ3n) is 4.69. The summed E-state index contributed by atoms with van der Waals surface area (Å²) in [5.41, 5.74) is 1.44. The van der Waals surface area contributed by atoms with E-state index in [2.05, 4.69) is 4.98 Å². The zero-order chi connectivity index (χ0) is 20.5. The zero-order valence-corrected chi connectivity index (χ0v) is 16.3. The SMILES string of the molecule is Cc1ccc2c(=O)c(C(=O)c3cccc(Cl)c3)cn(Cc3ccccc3F)c2n1. The number of carbonyl (C=O) groups is 1. The summed E-state index contributed by atoms with van der Waals surface area (Å²) in [4.78, 5) is 30.5. The lowest BCUT2D eigenvalue weighted by Crippen LogP contribution is -2.21. The first-order valence-electron chi connectivity index (χ1n) is 8.98. The molecule has 0 aliphatic carbocycles. The van der Waals surface area contributed by atoms with E-state index in [1.54, 1.807) is 53.1 Å². The molecule has 0 fully saturated rings. The Bertz CT molecular complexity index is 1310. The van der Waals surface area contributed by atoms with Crippen molar-refractivity contribution < 1.29 is 9.18 Å². The number of hydrogen-bond acceptors (Lipinski definition) is 3. The molecule has 0 unspecified atom stereocenters. The van der Waals surface area contributed by atoms with Gasteiger partial charge in [-0.05, 0) is 37.3 Å². The van der Waals surface area contributed by atoms with Gasteiger partial charge in [0.15, 0.2) is 5.78 Å². The fourth-order valence-electron chi connectivity index (χ4n) is 3.24. The van der Waals surface area contributed by atoms with Gasteiger partial charge in [-0.25, -0.2) is 9.37 Å². The highest BCUT2D eigenvalue weighted by Crippen LogP contribution is 2.18. The fourth-order valence-corrected chi connectivity index (χ4v) is 3.43. The topological polar surface area (TPSA) is 52.0 Å². The highest BCUT2D eigenvalue weighted by atomic mass is 35.5. The van der Waals surface area contributed by atoms with Gasteiger partial charge >= 0.3 is 0 Å². The van der Waals surface area contributed by atoms with Crippen LogP contribution in [0.25, 0.3) is 11.0 Å². The molecule has 0 saturated heterocycles. The molecule has 0 aliphatic heterocycles. The number of fused-ring (bicyclic) bond motifs is 1. The Hall–Kier alpha value is -3.31. The summed E-state index contributed by atoms with van der Waals surface area (Å²) in [6.07, 6.45) is 1.45. The van der Waals surface area contributed by atoms with Crippen LogP contribution in [0.4, 0.5) is 4.39 Å². The first-order chi connectivity index (χ1) is 13.9. The lowest BCUT2D eigenvalue weighted by molar-refractivity contribution is 0.103. The maximum atomic E-state index is 14.2. The summed E-state index contributed by atoms with van der Waals surface area (Å²) in [7, 11) is 0. The average Bonchev–Trinajstić information content (AvgIpc) is 2.71. The molecule has 4 nitrogen and oxygen atoms in total. The molecular formula is C23H16ClFN2O2. The number of nitrogens with zero attached hydrogens (tertiary/aromatic N) is 2. The number of ketones is 1. The first kappa shape index (κ1) is 19.0. The number of benzene rings is 2. The van der Waals surface area contributed by atoms with Gasteiger partial charge in [0, 0.05) is 28.0 Å². The predicted molar refractivity (Wildman–Crippen MR) is 111 cm³/mol. The van der Waals surface area contributed by atoms with Gasteiger partial charge in [0.2, 0.25) is 5.43 Å². The van der Waals surface area contributed by atoms with Crippen molar-refractivity contribution in [2.45, 2.75) is 13.5 Å². The van der Waals surface area contributed by atoms with Gasteiger partial charge in [0.1, 0.15) is 11.5 Å². The molecule has 4 aromatic rings. The van der Waals surface area contributed by atoms with Crippen LogP contribution in [0.2, 0.25) is 5.02 Å². The highest BCUT2D eigenvalue weighted by Gasteiger charge is 2.19. The summed E-state index contributed by atoms with van der Waals surface area (Å²) < 4.78 is 15.9. The third-order valence-corrected chi connectivity index (χ3v) is 4.93. The minimum atomic E-state index is -0.442. The second-order valence-electron chi connectivity index (χ2n) is 6.75. The van der Waals surface area contributed by atoms with Crippen LogP contribution in [0.15, 0.2) is 71.7 Å². The maximum Gasteiger partial charge on any atom is 0.202 e. The van der Waals surface area contributed by atoms with E-state index in [1.807, 2.05) is 6.92 Å². The fraction of sp³-hybridized carbons (Fsp3) is 0.0870. The average molecular weight is 407 g/mol.